The highest BCUT2D eigenvalue weighted by Gasteiger charge is 2.02. The summed E-state index contributed by atoms with van der Waals surface area (Å²) in [5.41, 5.74) is 0. The smallest absolute Gasteiger partial charge is 0.264 e. The molecule has 1 aromatic rings. The molecule has 0 bridgehead atoms. The van der Waals surface area contributed by atoms with Crippen LogP contribution < -0.4 is 5.32 Å². The standard InChI is InChI=1S/C8H13NO4S/c10-14(11,12)6-2-4-9-7-8-3-1-5-13-8/h1,3,5,9H,2,4,6-7H2,(H,10,11,12). The van der Waals surface area contributed by atoms with E-state index in [0.29, 0.717) is 19.5 Å². The van der Waals surface area contributed by atoms with Crippen molar-refractivity contribution in [2.75, 3.05) is 12.3 Å². The van der Waals surface area contributed by atoms with E-state index in [4.69, 9.17) is 8.97 Å². The van der Waals surface area contributed by atoms with Crippen molar-refractivity contribution in [3.05, 3.63) is 24.2 Å². The van der Waals surface area contributed by atoms with Gasteiger partial charge >= 0.3 is 0 Å². The van der Waals surface area contributed by atoms with Gasteiger partial charge in [0.05, 0.1) is 18.6 Å². The Kier molecular flexibility index (Phi) is 4.12. The van der Waals surface area contributed by atoms with Crippen LogP contribution in [0.1, 0.15) is 12.2 Å². The van der Waals surface area contributed by atoms with Crippen LogP contribution in [0.25, 0.3) is 0 Å². The Morgan fingerprint density at radius 2 is 2.29 bits per heavy atom. The van der Waals surface area contributed by atoms with Crippen LogP contribution in [0.2, 0.25) is 0 Å². The summed E-state index contributed by atoms with van der Waals surface area (Å²) in [7, 11) is -3.82. The van der Waals surface area contributed by atoms with Gasteiger partial charge in [-0.1, -0.05) is 0 Å². The van der Waals surface area contributed by atoms with Crippen molar-refractivity contribution in [2.45, 2.75) is 13.0 Å². The lowest BCUT2D eigenvalue weighted by molar-refractivity contribution is 0.472. The number of hydrogen-bond donors (Lipinski definition) is 2. The van der Waals surface area contributed by atoms with Crippen LogP contribution in [0.3, 0.4) is 0 Å². The summed E-state index contributed by atoms with van der Waals surface area (Å²) in [5, 5.41) is 2.99. The third kappa shape index (κ3) is 5.00. The summed E-state index contributed by atoms with van der Waals surface area (Å²) in [5.74, 6) is 0.592. The molecule has 14 heavy (non-hydrogen) atoms. The zero-order valence-corrected chi connectivity index (χ0v) is 8.46. The third-order valence-electron chi connectivity index (χ3n) is 1.64. The molecule has 0 aliphatic heterocycles. The summed E-state index contributed by atoms with van der Waals surface area (Å²) in [6, 6.07) is 3.62. The molecule has 80 valence electrons. The van der Waals surface area contributed by atoms with Crippen molar-refractivity contribution in [3.8, 4) is 0 Å². The van der Waals surface area contributed by atoms with E-state index in [1.54, 1.807) is 12.3 Å². The molecule has 0 saturated carbocycles. The van der Waals surface area contributed by atoms with Crippen molar-refractivity contribution >= 4 is 10.1 Å². The molecule has 0 spiro atoms. The lowest BCUT2D eigenvalue weighted by Gasteiger charge is -2.00. The normalized spacial score (nSPS) is 11.8. The molecule has 0 radical (unpaired) electrons. The van der Waals surface area contributed by atoms with Crippen LogP contribution in [-0.4, -0.2) is 25.3 Å². The molecule has 1 aromatic heterocycles. The van der Waals surface area contributed by atoms with E-state index in [9.17, 15) is 8.42 Å². The van der Waals surface area contributed by atoms with E-state index in [1.165, 1.54) is 0 Å². The van der Waals surface area contributed by atoms with Gasteiger partial charge in [-0.2, -0.15) is 8.42 Å². The van der Waals surface area contributed by atoms with Gasteiger partial charge in [0.15, 0.2) is 0 Å². The molecule has 0 amide bonds. The summed E-state index contributed by atoms with van der Waals surface area (Å²) < 4.78 is 34.1. The molecule has 1 rings (SSSR count). The van der Waals surface area contributed by atoms with Crippen LogP contribution in [0.4, 0.5) is 0 Å². The van der Waals surface area contributed by atoms with E-state index >= 15 is 0 Å². The molecule has 2 N–H and O–H groups in total. The summed E-state index contributed by atoms with van der Waals surface area (Å²) in [4.78, 5) is 0. The first-order chi connectivity index (χ1) is 6.58. The highest BCUT2D eigenvalue weighted by molar-refractivity contribution is 7.85. The van der Waals surface area contributed by atoms with Crippen LogP contribution in [0, 0.1) is 0 Å². The summed E-state index contributed by atoms with van der Waals surface area (Å²) >= 11 is 0. The quantitative estimate of drug-likeness (QED) is 0.542. The van der Waals surface area contributed by atoms with Crippen molar-refractivity contribution < 1.29 is 17.4 Å². The van der Waals surface area contributed by atoms with Gasteiger partial charge in [-0.05, 0) is 25.1 Å². The third-order valence-corrected chi connectivity index (χ3v) is 2.44. The molecule has 0 atom stereocenters. The molecular formula is C8H13NO4S. The molecule has 0 aliphatic rings. The SMILES string of the molecule is O=S(=O)(O)CCCNCc1ccco1. The maximum absolute atomic E-state index is 10.3. The highest BCUT2D eigenvalue weighted by atomic mass is 32.2. The van der Waals surface area contributed by atoms with E-state index in [-0.39, 0.29) is 5.75 Å². The van der Waals surface area contributed by atoms with Gasteiger partial charge in [0.2, 0.25) is 0 Å². The second-order valence-corrected chi connectivity index (χ2v) is 4.47. The Hall–Kier alpha value is -0.850. The van der Waals surface area contributed by atoms with E-state index in [0.717, 1.165) is 5.76 Å². The fourth-order valence-corrected chi connectivity index (χ4v) is 1.51. The Balaban J connectivity index is 2.06. The number of hydrogen-bond acceptors (Lipinski definition) is 4. The van der Waals surface area contributed by atoms with Crippen molar-refractivity contribution in [1.82, 2.24) is 5.32 Å². The lowest BCUT2D eigenvalue weighted by atomic mass is 10.4. The molecule has 0 aromatic carbocycles. The van der Waals surface area contributed by atoms with Gasteiger partial charge in [-0.15, -0.1) is 0 Å². The van der Waals surface area contributed by atoms with Crippen molar-refractivity contribution in [3.63, 3.8) is 0 Å². The predicted molar refractivity (Wildman–Crippen MR) is 51.4 cm³/mol. The van der Waals surface area contributed by atoms with Gasteiger partial charge in [-0.3, -0.25) is 4.55 Å². The summed E-state index contributed by atoms with van der Waals surface area (Å²) in [6.07, 6.45) is 1.97. The molecule has 0 saturated heterocycles. The fourth-order valence-electron chi connectivity index (χ4n) is 1.00. The molecule has 5 nitrogen and oxygen atoms in total. The Morgan fingerprint density at radius 1 is 1.50 bits per heavy atom. The zero-order valence-electron chi connectivity index (χ0n) is 7.64. The summed E-state index contributed by atoms with van der Waals surface area (Å²) in [6.45, 7) is 1.10. The Morgan fingerprint density at radius 3 is 2.86 bits per heavy atom. The van der Waals surface area contributed by atoms with E-state index in [2.05, 4.69) is 5.32 Å². The monoisotopic (exact) mass is 219 g/mol. The van der Waals surface area contributed by atoms with Crippen LogP contribution >= 0.6 is 0 Å². The second kappa shape index (κ2) is 5.14. The van der Waals surface area contributed by atoms with E-state index in [1.807, 2.05) is 6.07 Å². The molecule has 6 heteroatoms. The van der Waals surface area contributed by atoms with Crippen molar-refractivity contribution in [1.29, 1.82) is 0 Å². The average Bonchev–Trinajstić information content (AvgIpc) is 2.54. The Bertz CT molecular complexity index is 343. The highest BCUT2D eigenvalue weighted by Crippen LogP contribution is 1.98. The minimum absolute atomic E-state index is 0.210. The molecule has 0 aliphatic carbocycles. The van der Waals surface area contributed by atoms with Gasteiger partial charge in [0, 0.05) is 0 Å². The first-order valence-electron chi connectivity index (χ1n) is 4.26. The topological polar surface area (TPSA) is 79.5 Å². The second-order valence-electron chi connectivity index (χ2n) is 2.90. The molecule has 1 heterocycles. The van der Waals surface area contributed by atoms with Gasteiger partial charge in [-0.25, -0.2) is 0 Å². The van der Waals surface area contributed by atoms with Crippen molar-refractivity contribution in [2.24, 2.45) is 0 Å². The van der Waals surface area contributed by atoms with Gasteiger partial charge < -0.3 is 9.73 Å². The first kappa shape index (κ1) is 11.2. The Labute approximate surface area is 82.9 Å². The zero-order chi connectivity index (χ0) is 10.4. The van der Waals surface area contributed by atoms with Crippen LogP contribution in [0.15, 0.2) is 22.8 Å². The predicted octanol–water partition coefficient (Wildman–Crippen LogP) is 0.647. The minimum Gasteiger partial charge on any atom is -0.468 e. The minimum atomic E-state index is -3.82. The van der Waals surface area contributed by atoms with E-state index < -0.39 is 10.1 Å². The van der Waals surface area contributed by atoms with Gasteiger partial charge in [0.1, 0.15) is 5.76 Å². The number of furan rings is 1. The largest absolute Gasteiger partial charge is 0.468 e. The molecule has 0 unspecified atom stereocenters. The lowest BCUT2D eigenvalue weighted by Crippen LogP contribution is -2.17. The molecule has 0 fully saturated rings. The average molecular weight is 219 g/mol. The van der Waals surface area contributed by atoms with Crippen LogP contribution in [0.5, 0.6) is 0 Å². The number of nitrogens with one attached hydrogen (secondary N) is 1. The number of rotatable bonds is 6. The maximum Gasteiger partial charge on any atom is 0.264 e. The first-order valence-corrected chi connectivity index (χ1v) is 5.87. The van der Waals surface area contributed by atoms with Gasteiger partial charge in [0.25, 0.3) is 10.1 Å². The molecular weight excluding hydrogens is 206 g/mol. The fraction of sp³-hybridized carbons (Fsp3) is 0.500. The van der Waals surface area contributed by atoms with Crippen LogP contribution in [-0.2, 0) is 16.7 Å². The maximum atomic E-state index is 10.3.